The second-order valence-corrected chi connectivity index (χ2v) is 6.12. The van der Waals surface area contributed by atoms with E-state index in [0.29, 0.717) is 17.9 Å². The lowest BCUT2D eigenvalue weighted by Crippen LogP contribution is -2.19. The van der Waals surface area contributed by atoms with Crippen LogP contribution in [0.4, 0.5) is 13.2 Å². The summed E-state index contributed by atoms with van der Waals surface area (Å²) in [5.74, 6) is -0.328. The fourth-order valence-electron chi connectivity index (χ4n) is 2.46. The van der Waals surface area contributed by atoms with Crippen LogP contribution < -0.4 is 14.9 Å². The summed E-state index contributed by atoms with van der Waals surface area (Å²) in [6, 6.07) is 21.4. The van der Waals surface area contributed by atoms with Crippen molar-refractivity contribution in [2.24, 2.45) is 5.10 Å². The highest BCUT2D eigenvalue weighted by atomic mass is 19.4. The Hall–Kier alpha value is -3.81. The van der Waals surface area contributed by atoms with E-state index in [1.807, 2.05) is 36.4 Å². The van der Waals surface area contributed by atoms with Crippen LogP contribution >= 0.6 is 0 Å². The van der Waals surface area contributed by atoms with Gasteiger partial charge in [0.15, 0.2) is 0 Å². The number of nitrogens with one attached hydrogen (secondary N) is 1. The molecule has 0 spiro atoms. The maximum absolute atomic E-state index is 12.2. The first-order valence-corrected chi connectivity index (χ1v) is 8.85. The number of carbonyl (C=O) groups excluding carboxylic acids is 1. The van der Waals surface area contributed by atoms with Gasteiger partial charge in [-0.1, -0.05) is 42.5 Å². The molecule has 3 rings (SSSR count). The van der Waals surface area contributed by atoms with Gasteiger partial charge in [0.25, 0.3) is 5.91 Å². The molecule has 0 radical (unpaired) electrons. The fraction of sp³-hybridized carbons (Fsp3) is 0.0909. The van der Waals surface area contributed by atoms with Crippen molar-refractivity contribution in [1.82, 2.24) is 5.43 Å². The third-order valence-electron chi connectivity index (χ3n) is 3.84. The number of alkyl halides is 3. The van der Waals surface area contributed by atoms with Crippen LogP contribution in [0.5, 0.6) is 11.5 Å². The molecule has 0 unspecified atom stereocenters. The molecule has 3 aromatic carbocycles. The summed E-state index contributed by atoms with van der Waals surface area (Å²) in [4.78, 5) is 12.0. The van der Waals surface area contributed by atoms with Gasteiger partial charge in [-0.25, -0.2) is 5.43 Å². The second kappa shape index (κ2) is 9.60. The van der Waals surface area contributed by atoms with Gasteiger partial charge in [-0.05, 0) is 47.5 Å². The minimum Gasteiger partial charge on any atom is -0.489 e. The Morgan fingerprint density at radius 2 is 1.67 bits per heavy atom. The molecule has 3 aromatic rings. The molecule has 0 atom stereocenters. The molecule has 0 saturated carbocycles. The molecular formula is C22H17F3N2O3. The number of hydrogen-bond acceptors (Lipinski definition) is 4. The highest BCUT2D eigenvalue weighted by Gasteiger charge is 2.31. The Kier molecular flexibility index (Phi) is 6.69. The van der Waals surface area contributed by atoms with Crippen molar-refractivity contribution in [3.8, 4) is 11.5 Å². The van der Waals surface area contributed by atoms with Crippen molar-refractivity contribution in [1.29, 1.82) is 0 Å². The zero-order valence-corrected chi connectivity index (χ0v) is 15.6. The van der Waals surface area contributed by atoms with Crippen LogP contribution in [-0.2, 0) is 6.61 Å². The van der Waals surface area contributed by atoms with Crippen LogP contribution in [0.15, 0.2) is 84.0 Å². The Morgan fingerprint density at radius 3 is 2.37 bits per heavy atom. The van der Waals surface area contributed by atoms with Crippen molar-refractivity contribution in [3.05, 3.63) is 95.6 Å². The molecule has 1 N–H and O–H groups in total. The molecule has 0 aliphatic carbocycles. The minimum absolute atomic E-state index is 0.140. The van der Waals surface area contributed by atoms with E-state index in [2.05, 4.69) is 15.3 Å². The number of hydrazone groups is 1. The standard InChI is InChI=1S/C22H17F3N2O3/c23-22(24,25)30-19-11-9-18(10-12-19)21(28)27-26-14-17-7-4-8-20(13-17)29-15-16-5-2-1-3-6-16/h1-14H,15H2,(H,27,28). The highest BCUT2D eigenvalue weighted by Crippen LogP contribution is 2.22. The van der Waals surface area contributed by atoms with E-state index in [1.165, 1.54) is 18.3 Å². The van der Waals surface area contributed by atoms with Gasteiger partial charge in [0.2, 0.25) is 0 Å². The predicted molar refractivity (Wildman–Crippen MR) is 105 cm³/mol. The van der Waals surface area contributed by atoms with Crippen LogP contribution in [0.2, 0.25) is 0 Å². The Bertz CT molecular complexity index is 1000. The molecule has 0 aliphatic rings. The summed E-state index contributed by atoms with van der Waals surface area (Å²) < 4.78 is 46.0. The molecule has 0 heterocycles. The Morgan fingerprint density at radius 1 is 0.933 bits per heavy atom. The maximum atomic E-state index is 12.2. The third-order valence-corrected chi connectivity index (χ3v) is 3.84. The number of nitrogens with zero attached hydrogens (tertiary/aromatic N) is 1. The Balaban J connectivity index is 1.54. The largest absolute Gasteiger partial charge is 0.573 e. The van der Waals surface area contributed by atoms with E-state index in [0.717, 1.165) is 17.7 Å². The van der Waals surface area contributed by atoms with Crippen molar-refractivity contribution in [2.45, 2.75) is 13.0 Å². The van der Waals surface area contributed by atoms with Crippen LogP contribution in [0, 0.1) is 0 Å². The molecular weight excluding hydrogens is 397 g/mol. The summed E-state index contributed by atoms with van der Waals surface area (Å²) in [7, 11) is 0. The average molecular weight is 414 g/mol. The molecule has 0 saturated heterocycles. The van der Waals surface area contributed by atoms with Crippen molar-refractivity contribution in [2.75, 3.05) is 0 Å². The van der Waals surface area contributed by atoms with E-state index in [1.54, 1.807) is 18.2 Å². The lowest BCUT2D eigenvalue weighted by Gasteiger charge is -2.08. The molecule has 0 aliphatic heterocycles. The van der Waals surface area contributed by atoms with Gasteiger partial charge in [0.05, 0.1) is 6.21 Å². The van der Waals surface area contributed by atoms with Gasteiger partial charge in [-0.15, -0.1) is 13.2 Å². The summed E-state index contributed by atoms with van der Waals surface area (Å²) in [6.45, 7) is 0.423. The lowest BCUT2D eigenvalue weighted by molar-refractivity contribution is -0.274. The van der Waals surface area contributed by atoms with Crippen molar-refractivity contribution >= 4 is 12.1 Å². The third kappa shape index (κ3) is 6.66. The van der Waals surface area contributed by atoms with Gasteiger partial charge in [0, 0.05) is 5.56 Å². The maximum Gasteiger partial charge on any atom is 0.573 e. The normalized spacial score (nSPS) is 11.3. The first kappa shape index (κ1) is 20.9. The summed E-state index contributed by atoms with van der Waals surface area (Å²) >= 11 is 0. The van der Waals surface area contributed by atoms with Crippen molar-refractivity contribution in [3.63, 3.8) is 0 Å². The van der Waals surface area contributed by atoms with Crippen LogP contribution in [0.3, 0.4) is 0 Å². The first-order valence-electron chi connectivity index (χ1n) is 8.85. The van der Waals surface area contributed by atoms with E-state index < -0.39 is 18.0 Å². The highest BCUT2D eigenvalue weighted by molar-refractivity contribution is 5.95. The molecule has 0 fully saturated rings. The number of amides is 1. The van der Waals surface area contributed by atoms with Crippen LogP contribution in [-0.4, -0.2) is 18.5 Å². The zero-order chi connectivity index (χ0) is 21.4. The minimum atomic E-state index is -4.78. The molecule has 8 heteroatoms. The zero-order valence-electron chi connectivity index (χ0n) is 15.6. The van der Waals surface area contributed by atoms with E-state index in [9.17, 15) is 18.0 Å². The number of carbonyl (C=O) groups is 1. The average Bonchev–Trinajstić information content (AvgIpc) is 2.73. The molecule has 0 aromatic heterocycles. The Labute approximate surface area is 170 Å². The monoisotopic (exact) mass is 414 g/mol. The van der Waals surface area contributed by atoms with Gasteiger partial charge in [-0.3, -0.25) is 4.79 Å². The quantitative estimate of drug-likeness (QED) is 0.441. The smallest absolute Gasteiger partial charge is 0.489 e. The summed E-state index contributed by atoms with van der Waals surface area (Å²) in [5.41, 5.74) is 4.20. The first-order chi connectivity index (χ1) is 14.4. The van der Waals surface area contributed by atoms with Gasteiger partial charge in [0.1, 0.15) is 18.1 Å². The molecule has 0 bridgehead atoms. The van der Waals surface area contributed by atoms with Crippen LogP contribution in [0.25, 0.3) is 0 Å². The number of hydrogen-bond donors (Lipinski definition) is 1. The predicted octanol–water partition coefficient (Wildman–Crippen LogP) is 4.93. The summed E-state index contributed by atoms with van der Waals surface area (Å²) in [5, 5.41) is 3.87. The van der Waals surface area contributed by atoms with Gasteiger partial charge < -0.3 is 9.47 Å². The summed E-state index contributed by atoms with van der Waals surface area (Å²) in [6.07, 6.45) is -3.35. The van der Waals surface area contributed by atoms with Gasteiger partial charge >= 0.3 is 6.36 Å². The van der Waals surface area contributed by atoms with E-state index in [4.69, 9.17) is 4.74 Å². The number of benzene rings is 3. The SMILES string of the molecule is O=C(NN=Cc1cccc(OCc2ccccc2)c1)c1ccc(OC(F)(F)F)cc1. The number of ether oxygens (including phenoxy) is 2. The molecule has 5 nitrogen and oxygen atoms in total. The van der Waals surface area contributed by atoms with Gasteiger partial charge in [-0.2, -0.15) is 5.10 Å². The number of rotatable bonds is 7. The topological polar surface area (TPSA) is 59.9 Å². The lowest BCUT2D eigenvalue weighted by atomic mass is 10.2. The molecule has 30 heavy (non-hydrogen) atoms. The van der Waals surface area contributed by atoms with E-state index >= 15 is 0 Å². The number of halogens is 3. The molecule has 1 amide bonds. The fourth-order valence-corrected chi connectivity index (χ4v) is 2.46. The van der Waals surface area contributed by atoms with Crippen molar-refractivity contribution < 1.29 is 27.4 Å². The molecule has 154 valence electrons. The second-order valence-electron chi connectivity index (χ2n) is 6.12. The van der Waals surface area contributed by atoms with E-state index in [-0.39, 0.29) is 5.56 Å². The van der Waals surface area contributed by atoms with Crippen LogP contribution in [0.1, 0.15) is 21.5 Å².